The van der Waals surface area contributed by atoms with Crippen molar-refractivity contribution in [2.24, 2.45) is 5.92 Å². The molecule has 8 aromatic rings. The van der Waals surface area contributed by atoms with Crippen LogP contribution < -0.4 is 21.2 Å². The van der Waals surface area contributed by atoms with E-state index in [1.807, 2.05) is 100 Å². The summed E-state index contributed by atoms with van der Waals surface area (Å²) in [6.45, 7) is 35.1. The lowest BCUT2D eigenvalue weighted by Crippen LogP contribution is -2.26. The Labute approximate surface area is 444 Å². The lowest BCUT2D eigenvalue weighted by Gasteiger charge is -2.16. The van der Waals surface area contributed by atoms with E-state index in [-0.39, 0.29) is 17.2 Å². The third kappa shape index (κ3) is 12.1. The highest BCUT2D eigenvalue weighted by atomic mass is 32.1. The van der Waals surface area contributed by atoms with Crippen molar-refractivity contribution in [1.82, 2.24) is 60.9 Å². The fourth-order valence-corrected chi connectivity index (χ4v) is 9.61. The first-order chi connectivity index (χ1) is 36.3. The summed E-state index contributed by atoms with van der Waals surface area (Å²) in [7, 11) is 0. The molecule has 1 unspecified atom stereocenters. The Kier molecular flexibility index (Phi) is 18.3. The van der Waals surface area contributed by atoms with Gasteiger partial charge in [-0.2, -0.15) is 10.2 Å². The molecule has 0 aliphatic heterocycles. The highest BCUT2D eigenvalue weighted by Gasteiger charge is 2.24. The third-order valence-corrected chi connectivity index (χ3v) is 14.1. The number of hydrogen-bond donors (Lipinski definition) is 6. The van der Waals surface area contributed by atoms with E-state index in [1.54, 1.807) is 65.6 Å². The van der Waals surface area contributed by atoms with Gasteiger partial charge in [-0.05, 0) is 98.8 Å². The second-order valence-corrected chi connectivity index (χ2v) is 19.2. The van der Waals surface area contributed by atoms with Crippen molar-refractivity contribution in [3.8, 4) is 34.3 Å². The van der Waals surface area contributed by atoms with Crippen molar-refractivity contribution in [1.29, 1.82) is 0 Å². The number of halogens is 2. The third-order valence-electron chi connectivity index (χ3n) is 12.3. The zero-order valence-electron chi connectivity index (χ0n) is 43.4. The maximum absolute atomic E-state index is 16.3. The summed E-state index contributed by atoms with van der Waals surface area (Å²) < 4.78 is 32.2. The molecule has 8 heterocycles. The van der Waals surface area contributed by atoms with Crippen LogP contribution in [0.25, 0.3) is 68.2 Å². The van der Waals surface area contributed by atoms with E-state index in [0.29, 0.717) is 67.9 Å². The van der Waals surface area contributed by atoms with Gasteiger partial charge in [-0.1, -0.05) is 102 Å². The van der Waals surface area contributed by atoms with Crippen LogP contribution in [0.5, 0.6) is 0 Å². The van der Waals surface area contributed by atoms with Gasteiger partial charge < -0.3 is 20.6 Å². The Bertz CT molecular complexity index is 3630. The number of thiophene rings is 2. The number of hydrogen-bond acceptors (Lipinski definition) is 10. The zero-order valence-corrected chi connectivity index (χ0v) is 45.0. The normalized spacial score (nSPS) is 13.4. The molecular weight excluding hydrogens is 979 g/mol. The first-order valence-corrected chi connectivity index (χ1v) is 26.2. The average Bonchev–Trinajstić information content (AvgIpc) is 4.31. The number of rotatable bonds is 20. The molecule has 8 aromatic heterocycles. The second kappa shape index (κ2) is 25.2. The van der Waals surface area contributed by atoms with Crippen LogP contribution in [0.3, 0.4) is 0 Å². The molecule has 0 bridgehead atoms. The topological polar surface area (TPSA) is 165 Å². The summed E-state index contributed by atoms with van der Waals surface area (Å²) in [5, 5.41) is 26.4. The van der Waals surface area contributed by atoms with Gasteiger partial charge >= 0.3 is 0 Å². The van der Waals surface area contributed by atoms with Crippen LogP contribution in [0, 0.1) is 25.6 Å². The van der Waals surface area contributed by atoms with E-state index in [2.05, 4.69) is 97.7 Å². The van der Waals surface area contributed by atoms with Gasteiger partial charge in [0, 0.05) is 73.8 Å². The molecule has 0 aliphatic carbocycles. The highest BCUT2D eigenvalue weighted by molar-refractivity contribution is 7.11. The van der Waals surface area contributed by atoms with Crippen molar-refractivity contribution < 1.29 is 8.78 Å². The van der Waals surface area contributed by atoms with Gasteiger partial charge in [0.05, 0.1) is 39.1 Å². The van der Waals surface area contributed by atoms with Crippen LogP contribution in [0.15, 0.2) is 158 Å². The van der Waals surface area contributed by atoms with Crippen LogP contribution in [0.4, 0.5) is 8.78 Å². The molecule has 12 nitrogen and oxygen atoms in total. The molecule has 0 fully saturated rings. The summed E-state index contributed by atoms with van der Waals surface area (Å²) in [5.41, 5.74) is 10.6. The molecule has 0 saturated carbocycles. The van der Waals surface area contributed by atoms with Gasteiger partial charge in [-0.3, -0.25) is 20.2 Å². The number of imidazole rings is 2. The fourth-order valence-electron chi connectivity index (χ4n) is 8.10. The van der Waals surface area contributed by atoms with E-state index >= 15 is 8.78 Å². The molecule has 16 heteroatoms. The Morgan fingerprint density at radius 3 is 2.01 bits per heavy atom. The minimum atomic E-state index is -0.499. The van der Waals surface area contributed by atoms with Crippen LogP contribution in [-0.4, -0.2) is 56.8 Å². The highest BCUT2D eigenvalue weighted by Crippen LogP contribution is 2.35. The first kappa shape index (κ1) is 54.6. The molecule has 75 heavy (non-hydrogen) atoms. The molecular formula is C59H62F2N12S2. The van der Waals surface area contributed by atoms with E-state index < -0.39 is 11.6 Å². The molecule has 0 saturated heterocycles. The number of nitrogens with zero attached hydrogens (tertiary/aromatic N) is 6. The standard InChI is InChI=1S/C33H38FN5S.C26H24FN7S/c1-10-16-26(28-17-15-18-40-28)31-23(9)36-33(37-31)32-29(27(14-5)38-39-32)30(34)21(7)24(12-3)19-25(13-4)35-22(8)20(6)11-2;1-4-7-18(20-8-6-9-35-20)23-15(3)31-26(32-23)25-21-19(33-34-25)14-30-24(22(21)27)17-10-16(11-28-5-2)12-29-13-17/h10,12-20,35,38H,1,4,7-8,11H2,2-3,5-6,9H3,(H,36,37);4,6-10,12-14,28H,1,5,11H2,2-3H3,(H,31,32)(H,33,34)/b24-12+,25-19+,26-16-,27-14+,30-29-;18-7-. The zero-order chi connectivity index (χ0) is 53.8. The molecule has 0 aliphatic rings. The van der Waals surface area contributed by atoms with E-state index in [4.69, 9.17) is 9.97 Å². The van der Waals surface area contributed by atoms with Gasteiger partial charge in [-0.15, -0.1) is 22.7 Å². The Hall–Kier alpha value is -8.18. The molecule has 0 spiro atoms. The number of nitrogens with one attached hydrogen (secondary N) is 6. The monoisotopic (exact) mass is 1040 g/mol. The second-order valence-electron chi connectivity index (χ2n) is 17.3. The number of H-pyrrole nitrogens is 4. The quantitative estimate of drug-likeness (QED) is 0.0411. The largest absolute Gasteiger partial charge is 0.359 e. The number of pyridine rings is 2. The maximum Gasteiger partial charge on any atom is 0.161 e. The van der Waals surface area contributed by atoms with Crippen molar-refractivity contribution in [2.75, 3.05) is 6.54 Å². The summed E-state index contributed by atoms with van der Waals surface area (Å²) in [6.07, 6.45) is 20.4. The molecule has 1 atom stereocenters. The number of aryl methyl sites for hydroxylation is 2. The molecule has 0 radical (unpaired) electrons. The fraction of sp³-hybridized carbons (Fsp3) is 0.186. The van der Waals surface area contributed by atoms with E-state index in [9.17, 15) is 0 Å². The predicted octanol–water partition coefficient (Wildman–Crippen LogP) is 13.0. The first-order valence-electron chi connectivity index (χ1n) is 24.4. The lowest BCUT2D eigenvalue weighted by molar-refractivity contribution is 0.619. The summed E-state index contributed by atoms with van der Waals surface area (Å²) >= 11 is 3.24. The van der Waals surface area contributed by atoms with Crippen molar-refractivity contribution in [3.05, 3.63) is 212 Å². The molecule has 384 valence electrons. The number of allylic oxidation sites excluding steroid dienone is 10. The average molecular weight is 1040 g/mol. The van der Waals surface area contributed by atoms with Crippen molar-refractivity contribution in [2.45, 2.75) is 61.4 Å². The molecule has 0 amide bonds. The Morgan fingerprint density at radius 2 is 1.47 bits per heavy atom. The Balaban J connectivity index is 0.000000220. The molecule has 8 rings (SSSR count). The minimum absolute atomic E-state index is 0.220. The molecule has 0 aromatic carbocycles. The predicted molar refractivity (Wildman–Crippen MR) is 308 cm³/mol. The lowest BCUT2D eigenvalue weighted by atomic mass is 10.0. The van der Waals surface area contributed by atoms with E-state index in [1.165, 1.54) is 0 Å². The number of aromatic amines is 4. The van der Waals surface area contributed by atoms with Crippen LogP contribution in [0.2, 0.25) is 0 Å². The SMILES string of the molecule is C=C/C=C(/c1cccs1)c1nc(-c2n[nH]c(=C/C)/c2=C(/F)C(=C)C(/C=C(\C=C)NC(=C)C(C)CC)=C/C)[nH]c1C.C=C/C=C(/c1cccs1)c1nc(-c2n[nH]c3cnc(-c4cncc(CNCC)c4)c(F)c23)[nH]c1C. The number of aromatic nitrogens is 10. The van der Waals surface area contributed by atoms with E-state index in [0.717, 1.165) is 67.9 Å². The number of fused-ring (bicyclic) bond motifs is 1. The van der Waals surface area contributed by atoms with Crippen LogP contribution >= 0.6 is 22.7 Å². The smallest absolute Gasteiger partial charge is 0.161 e. The van der Waals surface area contributed by atoms with Crippen LogP contribution in [0.1, 0.15) is 79.1 Å². The molecule has 6 N–H and O–H groups in total. The van der Waals surface area contributed by atoms with Crippen molar-refractivity contribution in [3.63, 3.8) is 0 Å². The summed E-state index contributed by atoms with van der Waals surface area (Å²) in [6, 6.07) is 9.95. The maximum atomic E-state index is 16.3. The van der Waals surface area contributed by atoms with Gasteiger partial charge in [0.2, 0.25) is 0 Å². The summed E-state index contributed by atoms with van der Waals surface area (Å²) in [5.74, 6) is 0.247. The minimum Gasteiger partial charge on any atom is -0.359 e. The van der Waals surface area contributed by atoms with Gasteiger partial charge in [0.1, 0.15) is 22.9 Å². The van der Waals surface area contributed by atoms with Gasteiger partial charge in [0.25, 0.3) is 0 Å². The van der Waals surface area contributed by atoms with Gasteiger partial charge in [0.15, 0.2) is 17.5 Å². The summed E-state index contributed by atoms with van der Waals surface area (Å²) in [4.78, 5) is 27.0. The Morgan fingerprint density at radius 1 is 0.840 bits per heavy atom. The van der Waals surface area contributed by atoms with Crippen LogP contribution in [-0.2, 0) is 6.54 Å². The van der Waals surface area contributed by atoms with Gasteiger partial charge in [-0.25, -0.2) is 18.7 Å². The van der Waals surface area contributed by atoms with Crippen molar-refractivity contribution >= 4 is 56.6 Å².